The van der Waals surface area contributed by atoms with Crippen LogP contribution in [0.5, 0.6) is 0 Å². The van der Waals surface area contributed by atoms with Crippen LogP contribution >= 0.6 is 0 Å². The molecule has 0 saturated carbocycles. The van der Waals surface area contributed by atoms with Crippen LogP contribution in [0.25, 0.3) is 0 Å². The number of ether oxygens (including phenoxy) is 1. The molecule has 1 aromatic heterocycles. The standard InChI is InChI=1S/C23H31N3O3S/c1-2-20-5-7-22(8-6-20)30(27,28)26-12-9-23(10-13-26)18-25(14-15-29-19-23)17-21-4-3-11-24-16-21/h3-8,11,16H,2,9-10,12-15,17-19H2,1H3. The first-order valence-electron chi connectivity index (χ1n) is 10.8. The SMILES string of the molecule is CCc1ccc(S(=O)(=O)N2CCC3(CC2)COCCN(Cc2cccnc2)C3)cc1. The van der Waals surface area contributed by atoms with Crippen LogP contribution in [0.2, 0.25) is 0 Å². The van der Waals surface area contributed by atoms with E-state index in [0.29, 0.717) is 31.2 Å². The minimum atomic E-state index is -3.44. The van der Waals surface area contributed by atoms with Crippen LogP contribution in [0.4, 0.5) is 0 Å². The van der Waals surface area contributed by atoms with E-state index in [4.69, 9.17) is 4.74 Å². The highest BCUT2D eigenvalue weighted by Gasteiger charge is 2.41. The van der Waals surface area contributed by atoms with Gasteiger partial charge in [0.15, 0.2) is 0 Å². The van der Waals surface area contributed by atoms with E-state index < -0.39 is 10.0 Å². The van der Waals surface area contributed by atoms with Crippen molar-refractivity contribution in [3.05, 3.63) is 59.9 Å². The van der Waals surface area contributed by atoms with Crippen molar-refractivity contribution in [2.45, 2.75) is 37.6 Å². The molecular weight excluding hydrogens is 398 g/mol. The van der Waals surface area contributed by atoms with Crippen LogP contribution in [-0.4, -0.2) is 62.0 Å². The molecule has 0 radical (unpaired) electrons. The molecule has 4 rings (SSSR count). The van der Waals surface area contributed by atoms with E-state index in [1.807, 2.05) is 24.4 Å². The third-order valence-electron chi connectivity index (χ3n) is 6.40. The number of hydrogen-bond acceptors (Lipinski definition) is 5. The third-order valence-corrected chi connectivity index (χ3v) is 8.31. The summed E-state index contributed by atoms with van der Waals surface area (Å²) >= 11 is 0. The summed E-state index contributed by atoms with van der Waals surface area (Å²) < 4.78 is 33.8. The molecule has 7 heteroatoms. The second-order valence-electron chi connectivity index (χ2n) is 8.53. The quantitative estimate of drug-likeness (QED) is 0.731. The Morgan fingerprint density at radius 3 is 2.50 bits per heavy atom. The monoisotopic (exact) mass is 429 g/mol. The van der Waals surface area contributed by atoms with E-state index in [-0.39, 0.29) is 5.41 Å². The zero-order valence-corrected chi connectivity index (χ0v) is 18.5. The fourth-order valence-corrected chi connectivity index (χ4v) is 5.96. The summed E-state index contributed by atoms with van der Waals surface area (Å²) in [4.78, 5) is 7.05. The molecule has 2 aromatic rings. The number of benzene rings is 1. The maximum Gasteiger partial charge on any atom is 0.243 e. The molecule has 0 unspecified atom stereocenters. The Morgan fingerprint density at radius 2 is 1.83 bits per heavy atom. The lowest BCUT2D eigenvalue weighted by atomic mass is 9.79. The average molecular weight is 430 g/mol. The highest BCUT2D eigenvalue weighted by atomic mass is 32.2. The topological polar surface area (TPSA) is 62.7 Å². The molecule has 1 aromatic carbocycles. The number of piperidine rings is 1. The van der Waals surface area contributed by atoms with E-state index in [9.17, 15) is 8.42 Å². The zero-order chi connectivity index (χ0) is 21.0. The van der Waals surface area contributed by atoms with Gasteiger partial charge in [-0.3, -0.25) is 9.88 Å². The van der Waals surface area contributed by atoms with Crippen LogP contribution in [0.15, 0.2) is 53.7 Å². The largest absolute Gasteiger partial charge is 0.379 e. The van der Waals surface area contributed by atoms with Crippen molar-refractivity contribution in [2.24, 2.45) is 5.41 Å². The Morgan fingerprint density at radius 1 is 1.07 bits per heavy atom. The van der Waals surface area contributed by atoms with Gasteiger partial charge in [-0.25, -0.2) is 8.42 Å². The van der Waals surface area contributed by atoms with Crippen molar-refractivity contribution in [2.75, 3.05) is 39.4 Å². The summed E-state index contributed by atoms with van der Waals surface area (Å²) in [5.74, 6) is 0. The molecule has 2 saturated heterocycles. The van der Waals surface area contributed by atoms with Crippen molar-refractivity contribution in [1.82, 2.24) is 14.2 Å². The van der Waals surface area contributed by atoms with Gasteiger partial charge in [-0.2, -0.15) is 4.31 Å². The number of rotatable bonds is 5. The van der Waals surface area contributed by atoms with E-state index in [1.165, 1.54) is 5.56 Å². The summed E-state index contributed by atoms with van der Waals surface area (Å²) in [6.45, 7) is 7.25. The van der Waals surface area contributed by atoms with Crippen molar-refractivity contribution in [3.63, 3.8) is 0 Å². The predicted molar refractivity (Wildman–Crippen MR) is 117 cm³/mol. The number of aryl methyl sites for hydroxylation is 1. The molecule has 2 aliphatic heterocycles. The Bertz CT molecular complexity index is 924. The van der Waals surface area contributed by atoms with Gasteiger partial charge in [0, 0.05) is 50.5 Å². The first-order chi connectivity index (χ1) is 14.5. The maximum absolute atomic E-state index is 13.1. The zero-order valence-electron chi connectivity index (χ0n) is 17.7. The van der Waals surface area contributed by atoms with E-state index in [0.717, 1.165) is 44.5 Å². The van der Waals surface area contributed by atoms with Gasteiger partial charge in [-0.15, -0.1) is 0 Å². The van der Waals surface area contributed by atoms with Crippen LogP contribution in [0.3, 0.4) is 0 Å². The lowest BCUT2D eigenvalue weighted by Gasteiger charge is -2.42. The minimum Gasteiger partial charge on any atom is -0.379 e. The minimum absolute atomic E-state index is 0.0107. The molecule has 0 bridgehead atoms. The maximum atomic E-state index is 13.1. The summed E-state index contributed by atoms with van der Waals surface area (Å²) in [5.41, 5.74) is 2.36. The smallest absolute Gasteiger partial charge is 0.243 e. The number of nitrogens with zero attached hydrogens (tertiary/aromatic N) is 3. The van der Waals surface area contributed by atoms with Gasteiger partial charge in [-0.05, 0) is 48.6 Å². The van der Waals surface area contributed by atoms with Gasteiger partial charge in [-0.1, -0.05) is 25.1 Å². The Labute approximate surface area is 179 Å². The Balaban J connectivity index is 1.42. The molecule has 0 N–H and O–H groups in total. The summed E-state index contributed by atoms with van der Waals surface area (Å²) in [6.07, 6.45) is 6.26. The number of aromatic nitrogens is 1. The molecule has 30 heavy (non-hydrogen) atoms. The summed E-state index contributed by atoms with van der Waals surface area (Å²) in [5, 5.41) is 0. The Kier molecular flexibility index (Phi) is 6.53. The molecule has 2 fully saturated rings. The molecule has 3 heterocycles. The van der Waals surface area contributed by atoms with Gasteiger partial charge in [0.25, 0.3) is 0 Å². The third kappa shape index (κ3) is 4.75. The highest BCUT2D eigenvalue weighted by Crippen LogP contribution is 2.36. The fourth-order valence-electron chi connectivity index (χ4n) is 4.52. The molecule has 0 atom stereocenters. The van der Waals surface area contributed by atoms with Crippen LogP contribution in [-0.2, 0) is 27.7 Å². The van der Waals surface area contributed by atoms with Gasteiger partial charge < -0.3 is 4.74 Å². The summed E-state index contributed by atoms with van der Waals surface area (Å²) in [6, 6.07) is 11.4. The second-order valence-corrected chi connectivity index (χ2v) is 10.5. The van der Waals surface area contributed by atoms with Crippen molar-refractivity contribution in [1.29, 1.82) is 0 Å². The van der Waals surface area contributed by atoms with Gasteiger partial charge in [0.1, 0.15) is 0 Å². The van der Waals surface area contributed by atoms with E-state index >= 15 is 0 Å². The first kappa shape index (κ1) is 21.4. The highest BCUT2D eigenvalue weighted by molar-refractivity contribution is 7.89. The van der Waals surface area contributed by atoms with Crippen LogP contribution in [0, 0.1) is 5.41 Å². The predicted octanol–water partition coefficient (Wildman–Crippen LogP) is 2.95. The fraction of sp³-hybridized carbons (Fsp3) is 0.522. The lowest BCUT2D eigenvalue weighted by Crippen LogP contribution is -2.48. The van der Waals surface area contributed by atoms with Gasteiger partial charge in [0.2, 0.25) is 10.0 Å². The molecule has 0 amide bonds. The van der Waals surface area contributed by atoms with E-state index in [2.05, 4.69) is 22.9 Å². The second kappa shape index (κ2) is 9.14. The van der Waals surface area contributed by atoms with Gasteiger partial charge in [0.05, 0.1) is 18.1 Å². The van der Waals surface area contributed by atoms with Crippen molar-refractivity contribution in [3.8, 4) is 0 Å². The number of pyridine rings is 1. The van der Waals surface area contributed by atoms with Crippen LogP contribution in [0.1, 0.15) is 30.9 Å². The molecular formula is C23H31N3O3S. The molecule has 1 spiro atoms. The molecule has 6 nitrogen and oxygen atoms in total. The average Bonchev–Trinajstić information content (AvgIpc) is 2.96. The van der Waals surface area contributed by atoms with Crippen LogP contribution < -0.4 is 0 Å². The molecule has 0 aliphatic carbocycles. The molecule has 162 valence electrons. The number of sulfonamides is 1. The van der Waals surface area contributed by atoms with Gasteiger partial charge >= 0.3 is 0 Å². The molecule has 2 aliphatic rings. The first-order valence-corrected chi connectivity index (χ1v) is 12.2. The Hall–Kier alpha value is -1.80. The van der Waals surface area contributed by atoms with E-state index in [1.54, 1.807) is 22.6 Å². The summed E-state index contributed by atoms with van der Waals surface area (Å²) in [7, 11) is -3.44. The lowest BCUT2D eigenvalue weighted by molar-refractivity contribution is 0.0307. The van der Waals surface area contributed by atoms with Crippen molar-refractivity contribution >= 4 is 10.0 Å². The normalized spacial score (nSPS) is 20.8. The number of hydrogen-bond donors (Lipinski definition) is 0. The van der Waals surface area contributed by atoms with Crippen molar-refractivity contribution < 1.29 is 13.2 Å².